The molecule has 1 aliphatic rings. The number of halogens is 2. The molecule has 0 bridgehead atoms. The van der Waals surface area contributed by atoms with Crippen molar-refractivity contribution in [3.05, 3.63) is 56.6 Å². The van der Waals surface area contributed by atoms with Crippen molar-refractivity contribution < 1.29 is 9.59 Å². The number of ketones is 2. The van der Waals surface area contributed by atoms with Gasteiger partial charge in [-0.25, -0.2) is 4.98 Å². The summed E-state index contributed by atoms with van der Waals surface area (Å²) in [4.78, 5) is 32.6. The highest BCUT2D eigenvalue weighted by atomic mass is 35.5. The lowest BCUT2D eigenvalue weighted by molar-refractivity contribution is 0.0971. The summed E-state index contributed by atoms with van der Waals surface area (Å²) in [5.74, 6) is -0.715. The standard InChI is InChI=1S/C13H6Cl2N2O2/c1-5-7-10(17-13(15)8(5)14)12(19)9-6(11(7)18)3-2-4-16-9/h2-4H,1H3. The third-order valence-corrected chi connectivity index (χ3v) is 3.87. The van der Waals surface area contributed by atoms with Gasteiger partial charge < -0.3 is 0 Å². The van der Waals surface area contributed by atoms with Gasteiger partial charge in [0.05, 0.1) is 16.1 Å². The predicted molar refractivity (Wildman–Crippen MR) is 70.1 cm³/mol. The first kappa shape index (κ1) is 12.3. The van der Waals surface area contributed by atoms with Crippen LogP contribution in [0.15, 0.2) is 18.3 Å². The normalized spacial score (nSPS) is 13.2. The van der Waals surface area contributed by atoms with E-state index in [9.17, 15) is 9.59 Å². The van der Waals surface area contributed by atoms with Gasteiger partial charge in [0, 0.05) is 6.20 Å². The van der Waals surface area contributed by atoms with Crippen LogP contribution < -0.4 is 0 Å². The highest BCUT2D eigenvalue weighted by Gasteiger charge is 2.34. The summed E-state index contributed by atoms with van der Waals surface area (Å²) < 4.78 is 0. The Kier molecular flexibility index (Phi) is 2.66. The largest absolute Gasteiger partial charge is 0.288 e. The molecule has 2 heterocycles. The van der Waals surface area contributed by atoms with Crippen LogP contribution in [0.3, 0.4) is 0 Å². The Morgan fingerprint density at radius 1 is 1.11 bits per heavy atom. The van der Waals surface area contributed by atoms with Crippen molar-refractivity contribution in [1.82, 2.24) is 9.97 Å². The van der Waals surface area contributed by atoms with E-state index in [0.29, 0.717) is 5.56 Å². The summed E-state index contributed by atoms with van der Waals surface area (Å²) in [7, 11) is 0. The molecule has 0 amide bonds. The van der Waals surface area contributed by atoms with Gasteiger partial charge >= 0.3 is 0 Å². The minimum atomic E-state index is -0.410. The van der Waals surface area contributed by atoms with Gasteiger partial charge in [-0.15, -0.1) is 0 Å². The van der Waals surface area contributed by atoms with Crippen LogP contribution in [0.1, 0.15) is 37.7 Å². The Labute approximate surface area is 118 Å². The predicted octanol–water partition coefficient (Wildman–Crippen LogP) is 2.87. The summed E-state index contributed by atoms with van der Waals surface area (Å²) >= 11 is 11.8. The fourth-order valence-electron chi connectivity index (χ4n) is 2.10. The topological polar surface area (TPSA) is 59.9 Å². The number of aromatic nitrogens is 2. The monoisotopic (exact) mass is 292 g/mol. The number of carbonyl (C=O) groups is 2. The molecule has 0 N–H and O–H groups in total. The van der Waals surface area contributed by atoms with Crippen LogP contribution in [-0.2, 0) is 0 Å². The van der Waals surface area contributed by atoms with Gasteiger partial charge in [0.15, 0.2) is 5.78 Å². The molecule has 0 aromatic carbocycles. The van der Waals surface area contributed by atoms with Crippen LogP contribution >= 0.6 is 23.2 Å². The first-order valence-electron chi connectivity index (χ1n) is 5.42. The smallest absolute Gasteiger partial charge is 0.231 e. The van der Waals surface area contributed by atoms with Gasteiger partial charge in [-0.05, 0) is 24.6 Å². The fourth-order valence-corrected chi connectivity index (χ4v) is 2.47. The van der Waals surface area contributed by atoms with Crippen LogP contribution in [0, 0.1) is 6.92 Å². The molecule has 2 aromatic rings. The Bertz CT molecular complexity index is 757. The number of carbonyl (C=O) groups excluding carboxylic acids is 2. The molecule has 1 aliphatic carbocycles. The molecule has 0 atom stereocenters. The lowest BCUT2D eigenvalue weighted by Crippen LogP contribution is -2.25. The van der Waals surface area contributed by atoms with Gasteiger partial charge in [0.1, 0.15) is 16.5 Å². The van der Waals surface area contributed by atoms with Gasteiger partial charge in [-0.1, -0.05) is 23.2 Å². The molecule has 0 radical (unpaired) electrons. The summed E-state index contributed by atoms with van der Waals surface area (Å²) in [6.45, 7) is 1.64. The van der Waals surface area contributed by atoms with E-state index in [-0.39, 0.29) is 38.5 Å². The summed E-state index contributed by atoms with van der Waals surface area (Å²) in [5, 5.41) is 0.201. The molecular formula is C13H6Cl2N2O2. The van der Waals surface area contributed by atoms with Crippen molar-refractivity contribution in [1.29, 1.82) is 0 Å². The van der Waals surface area contributed by atoms with Gasteiger partial charge in [0.25, 0.3) is 0 Å². The summed E-state index contributed by atoms with van der Waals surface area (Å²) in [6.07, 6.45) is 1.46. The van der Waals surface area contributed by atoms with E-state index in [4.69, 9.17) is 23.2 Å². The average Bonchev–Trinajstić information content (AvgIpc) is 2.42. The van der Waals surface area contributed by atoms with Crippen LogP contribution in [0.5, 0.6) is 0 Å². The minimum Gasteiger partial charge on any atom is -0.288 e. The third-order valence-electron chi connectivity index (χ3n) is 3.04. The zero-order valence-corrected chi connectivity index (χ0v) is 11.2. The van der Waals surface area contributed by atoms with Crippen molar-refractivity contribution in [2.24, 2.45) is 0 Å². The second kappa shape index (κ2) is 4.11. The van der Waals surface area contributed by atoms with E-state index in [1.807, 2.05) is 0 Å². The first-order valence-corrected chi connectivity index (χ1v) is 6.18. The second-order valence-electron chi connectivity index (χ2n) is 4.12. The van der Waals surface area contributed by atoms with E-state index in [2.05, 4.69) is 9.97 Å². The molecule has 0 aliphatic heterocycles. The molecule has 19 heavy (non-hydrogen) atoms. The SMILES string of the molecule is Cc1c(Cl)c(Cl)nc2c1C(=O)c1cccnc1C2=O. The first-order chi connectivity index (χ1) is 9.02. The lowest BCUT2D eigenvalue weighted by atomic mass is 9.88. The number of fused-ring (bicyclic) bond motifs is 2. The Hall–Kier alpha value is -1.78. The Balaban J connectivity index is 2.40. The van der Waals surface area contributed by atoms with Crippen molar-refractivity contribution in [3.8, 4) is 0 Å². The van der Waals surface area contributed by atoms with Crippen LogP contribution in [-0.4, -0.2) is 21.5 Å². The molecule has 4 nitrogen and oxygen atoms in total. The van der Waals surface area contributed by atoms with E-state index >= 15 is 0 Å². The third kappa shape index (κ3) is 1.60. The summed E-state index contributed by atoms with van der Waals surface area (Å²) in [5.41, 5.74) is 1.06. The van der Waals surface area contributed by atoms with E-state index in [1.165, 1.54) is 6.20 Å². The Morgan fingerprint density at radius 3 is 2.58 bits per heavy atom. The van der Waals surface area contributed by atoms with E-state index in [1.54, 1.807) is 19.1 Å². The molecule has 94 valence electrons. The number of pyridine rings is 2. The van der Waals surface area contributed by atoms with Crippen LogP contribution in [0.4, 0.5) is 0 Å². The van der Waals surface area contributed by atoms with Crippen molar-refractivity contribution >= 4 is 34.8 Å². The number of hydrogen-bond donors (Lipinski definition) is 0. The highest BCUT2D eigenvalue weighted by molar-refractivity contribution is 6.43. The second-order valence-corrected chi connectivity index (χ2v) is 4.86. The molecule has 0 spiro atoms. The summed E-state index contributed by atoms with van der Waals surface area (Å²) in [6, 6.07) is 3.17. The quantitative estimate of drug-likeness (QED) is 0.598. The molecule has 3 rings (SSSR count). The van der Waals surface area contributed by atoms with Gasteiger partial charge in [0.2, 0.25) is 5.78 Å². The molecule has 0 fully saturated rings. The zero-order chi connectivity index (χ0) is 13.7. The molecule has 0 saturated heterocycles. The highest BCUT2D eigenvalue weighted by Crippen LogP contribution is 2.33. The van der Waals surface area contributed by atoms with Crippen molar-refractivity contribution in [3.63, 3.8) is 0 Å². The van der Waals surface area contributed by atoms with Crippen LogP contribution in [0.2, 0.25) is 10.2 Å². The van der Waals surface area contributed by atoms with Gasteiger partial charge in [-0.3, -0.25) is 14.6 Å². The van der Waals surface area contributed by atoms with Crippen molar-refractivity contribution in [2.75, 3.05) is 0 Å². The number of rotatable bonds is 0. The van der Waals surface area contributed by atoms with Gasteiger partial charge in [-0.2, -0.15) is 0 Å². The average molecular weight is 293 g/mol. The maximum atomic E-state index is 12.4. The number of nitrogens with zero attached hydrogens (tertiary/aromatic N) is 2. The lowest BCUT2D eigenvalue weighted by Gasteiger charge is -2.18. The van der Waals surface area contributed by atoms with Crippen LogP contribution in [0.25, 0.3) is 0 Å². The zero-order valence-electron chi connectivity index (χ0n) is 9.70. The molecular weight excluding hydrogens is 287 g/mol. The molecule has 6 heteroatoms. The maximum absolute atomic E-state index is 12.4. The Morgan fingerprint density at radius 2 is 1.84 bits per heavy atom. The van der Waals surface area contributed by atoms with E-state index in [0.717, 1.165) is 0 Å². The van der Waals surface area contributed by atoms with Crippen molar-refractivity contribution in [2.45, 2.75) is 6.92 Å². The molecule has 2 aromatic heterocycles. The maximum Gasteiger partial charge on any atom is 0.231 e. The minimum absolute atomic E-state index is 0.0125. The number of hydrogen-bond acceptors (Lipinski definition) is 4. The molecule has 0 saturated carbocycles. The van der Waals surface area contributed by atoms with E-state index < -0.39 is 5.78 Å². The molecule has 0 unspecified atom stereocenters. The fraction of sp³-hybridized carbons (Fsp3) is 0.0769.